The second-order valence-electron chi connectivity index (χ2n) is 4.18. The zero-order valence-corrected chi connectivity index (χ0v) is 13.6. The van der Waals surface area contributed by atoms with Gasteiger partial charge in [-0.05, 0) is 28.1 Å². The average molecular weight is 363 g/mol. The van der Waals surface area contributed by atoms with Gasteiger partial charge in [0.25, 0.3) is 0 Å². The van der Waals surface area contributed by atoms with Crippen LogP contribution in [-0.4, -0.2) is 58.1 Å². The smallest absolute Gasteiger partial charge is 0.175 e. The van der Waals surface area contributed by atoms with E-state index in [0.717, 1.165) is 6.29 Å². The Morgan fingerprint density at radius 3 is 2.67 bits per heavy atom. The van der Waals surface area contributed by atoms with Crippen molar-refractivity contribution in [2.45, 2.75) is 6.10 Å². The van der Waals surface area contributed by atoms with Crippen LogP contribution < -0.4 is 9.47 Å². The molecular weight excluding hydrogens is 344 g/mol. The highest BCUT2D eigenvalue weighted by Gasteiger charge is 2.14. The molecule has 1 rings (SSSR count). The van der Waals surface area contributed by atoms with Gasteiger partial charge < -0.3 is 24.1 Å². The standard InChI is InChI=1S/C14H19BrO6/c1-18-3-4-20-8-11(17)9-21-14-12(15)5-10(7-16)6-13(14)19-2/h5-7,11,17H,3-4,8-9H2,1-2H3. The summed E-state index contributed by atoms with van der Waals surface area (Å²) in [6.45, 7) is 1.08. The molecule has 0 amide bonds. The zero-order chi connectivity index (χ0) is 15.7. The molecule has 1 aromatic rings. The third-order valence-electron chi connectivity index (χ3n) is 2.55. The summed E-state index contributed by atoms with van der Waals surface area (Å²) >= 11 is 3.31. The van der Waals surface area contributed by atoms with E-state index in [9.17, 15) is 9.90 Å². The summed E-state index contributed by atoms with van der Waals surface area (Å²) in [4.78, 5) is 10.8. The van der Waals surface area contributed by atoms with Gasteiger partial charge in [0.05, 0.1) is 31.4 Å². The largest absolute Gasteiger partial charge is 0.493 e. The summed E-state index contributed by atoms with van der Waals surface area (Å²) in [5.74, 6) is 0.845. The van der Waals surface area contributed by atoms with Gasteiger partial charge in [0, 0.05) is 12.7 Å². The van der Waals surface area contributed by atoms with E-state index < -0.39 is 6.10 Å². The fraction of sp³-hybridized carbons (Fsp3) is 0.500. The average Bonchev–Trinajstić information content (AvgIpc) is 2.49. The minimum absolute atomic E-state index is 0.0440. The molecule has 0 bridgehead atoms. The molecule has 0 aromatic heterocycles. The number of hydrogen-bond acceptors (Lipinski definition) is 6. The topological polar surface area (TPSA) is 74.2 Å². The van der Waals surface area contributed by atoms with Crippen LogP contribution >= 0.6 is 15.9 Å². The number of methoxy groups -OCH3 is 2. The summed E-state index contributed by atoms with van der Waals surface area (Å²) in [6.07, 6.45) is -0.0561. The first-order valence-corrected chi connectivity index (χ1v) is 7.12. The first-order valence-electron chi connectivity index (χ1n) is 6.32. The molecule has 0 saturated carbocycles. The maximum absolute atomic E-state index is 10.8. The molecule has 0 aliphatic rings. The van der Waals surface area contributed by atoms with Crippen LogP contribution in [0.15, 0.2) is 16.6 Å². The quantitative estimate of drug-likeness (QED) is 0.504. The first-order chi connectivity index (χ1) is 10.1. The molecule has 118 valence electrons. The number of carbonyl (C=O) groups is 1. The molecule has 1 N–H and O–H groups in total. The van der Waals surface area contributed by atoms with Crippen molar-refractivity contribution in [3.05, 3.63) is 22.2 Å². The van der Waals surface area contributed by atoms with Gasteiger partial charge in [0.2, 0.25) is 0 Å². The van der Waals surface area contributed by atoms with Gasteiger partial charge in [-0.15, -0.1) is 0 Å². The molecule has 7 heteroatoms. The lowest BCUT2D eigenvalue weighted by Gasteiger charge is -2.16. The molecule has 0 fully saturated rings. The van der Waals surface area contributed by atoms with Crippen LogP contribution in [0.4, 0.5) is 0 Å². The van der Waals surface area contributed by atoms with Crippen LogP contribution in [0.25, 0.3) is 0 Å². The number of hydrogen-bond donors (Lipinski definition) is 1. The number of aliphatic hydroxyl groups excluding tert-OH is 1. The molecule has 0 aliphatic heterocycles. The molecule has 1 atom stereocenters. The fourth-order valence-corrected chi connectivity index (χ4v) is 2.11. The van der Waals surface area contributed by atoms with Crippen molar-refractivity contribution < 1.29 is 28.8 Å². The van der Waals surface area contributed by atoms with Gasteiger partial charge in [-0.3, -0.25) is 4.79 Å². The molecular formula is C14H19BrO6. The lowest BCUT2D eigenvalue weighted by atomic mass is 10.2. The van der Waals surface area contributed by atoms with Gasteiger partial charge in [-0.25, -0.2) is 0 Å². The Kier molecular flexibility index (Phi) is 8.29. The van der Waals surface area contributed by atoms with E-state index in [1.165, 1.54) is 7.11 Å². The number of aldehydes is 1. The number of benzene rings is 1. The number of ether oxygens (including phenoxy) is 4. The van der Waals surface area contributed by atoms with E-state index in [2.05, 4.69) is 15.9 Å². The fourth-order valence-electron chi connectivity index (χ4n) is 1.54. The Morgan fingerprint density at radius 1 is 1.29 bits per heavy atom. The van der Waals surface area contributed by atoms with Crippen LogP contribution in [-0.2, 0) is 9.47 Å². The highest BCUT2D eigenvalue weighted by Crippen LogP contribution is 2.36. The lowest BCUT2D eigenvalue weighted by molar-refractivity contribution is -0.00461. The minimum Gasteiger partial charge on any atom is -0.493 e. The predicted molar refractivity (Wildman–Crippen MR) is 80.3 cm³/mol. The first kappa shape index (κ1) is 17.9. The zero-order valence-electron chi connectivity index (χ0n) is 12.0. The van der Waals surface area contributed by atoms with Crippen molar-refractivity contribution in [3.8, 4) is 11.5 Å². The molecule has 0 saturated heterocycles. The van der Waals surface area contributed by atoms with E-state index in [1.807, 2.05) is 0 Å². The summed E-state index contributed by atoms with van der Waals surface area (Å²) in [6, 6.07) is 3.18. The van der Waals surface area contributed by atoms with E-state index in [4.69, 9.17) is 18.9 Å². The van der Waals surface area contributed by atoms with Crippen LogP contribution in [0.2, 0.25) is 0 Å². The molecule has 0 radical (unpaired) electrons. The van der Waals surface area contributed by atoms with Gasteiger partial charge in [-0.1, -0.05) is 0 Å². The molecule has 1 unspecified atom stereocenters. The van der Waals surface area contributed by atoms with E-state index in [-0.39, 0.29) is 13.2 Å². The van der Waals surface area contributed by atoms with Crippen molar-refractivity contribution in [1.82, 2.24) is 0 Å². The Bertz CT molecular complexity index is 451. The SMILES string of the molecule is COCCOCC(O)COc1c(Br)cc(C=O)cc1OC. The molecule has 0 spiro atoms. The van der Waals surface area contributed by atoms with Crippen LogP contribution in [0.5, 0.6) is 11.5 Å². The summed E-state index contributed by atoms with van der Waals surface area (Å²) in [5, 5.41) is 9.76. The maximum atomic E-state index is 10.8. The number of rotatable bonds is 10. The van der Waals surface area contributed by atoms with E-state index in [1.54, 1.807) is 19.2 Å². The summed E-state index contributed by atoms with van der Waals surface area (Å²) in [7, 11) is 3.06. The maximum Gasteiger partial charge on any atom is 0.175 e. The second-order valence-corrected chi connectivity index (χ2v) is 5.04. The van der Waals surface area contributed by atoms with Gasteiger partial charge in [-0.2, -0.15) is 0 Å². The van der Waals surface area contributed by atoms with Gasteiger partial charge in [0.15, 0.2) is 11.5 Å². The normalized spacial score (nSPS) is 12.0. The molecule has 6 nitrogen and oxygen atoms in total. The van der Waals surface area contributed by atoms with Crippen LogP contribution in [0, 0.1) is 0 Å². The third kappa shape index (κ3) is 6.01. The van der Waals surface area contributed by atoms with Gasteiger partial charge >= 0.3 is 0 Å². The van der Waals surface area contributed by atoms with Crippen LogP contribution in [0.1, 0.15) is 10.4 Å². The molecule has 0 heterocycles. The van der Waals surface area contributed by atoms with Crippen molar-refractivity contribution in [1.29, 1.82) is 0 Å². The third-order valence-corrected chi connectivity index (χ3v) is 3.14. The molecule has 1 aromatic carbocycles. The summed E-state index contributed by atoms with van der Waals surface area (Å²) in [5.41, 5.74) is 0.467. The van der Waals surface area contributed by atoms with Crippen molar-refractivity contribution in [2.24, 2.45) is 0 Å². The highest BCUT2D eigenvalue weighted by atomic mass is 79.9. The molecule has 21 heavy (non-hydrogen) atoms. The monoisotopic (exact) mass is 362 g/mol. The Hall–Kier alpha value is -1.15. The van der Waals surface area contributed by atoms with E-state index in [0.29, 0.717) is 34.7 Å². The number of carbonyl (C=O) groups excluding carboxylic acids is 1. The Labute approximate surface area is 132 Å². The van der Waals surface area contributed by atoms with Crippen molar-refractivity contribution in [3.63, 3.8) is 0 Å². The number of aliphatic hydroxyl groups is 1. The van der Waals surface area contributed by atoms with Crippen molar-refractivity contribution in [2.75, 3.05) is 40.6 Å². The Balaban J connectivity index is 2.56. The Morgan fingerprint density at radius 2 is 2.05 bits per heavy atom. The predicted octanol–water partition coefficient (Wildman–Crippen LogP) is 1.67. The second kappa shape index (κ2) is 9.73. The molecule has 0 aliphatic carbocycles. The summed E-state index contributed by atoms with van der Waals surface area (Å²) < 4.78 is 21.3. The van der Waals surface area contributed by atoms with Crippen LogP contribution in [0.3, 0.4) is 0 Å². The van der Waals surface area contributed by atoms with Crippen molar-refractivity contribution >= 4 is 22.2 Å². The lowest BCUT2D eigenvalue weighted by Crippen LogP contribution is -2.24. The minimum atomic E-state index is -0.774. The highest BCUT2D eigenvalue weighted by molar-refractivity contribution is 9.10. The van der Waals surface area contributed by atoms with E-state index >= 15 is 0 Å². The van der Waals surface area contributed by atoms with Gasteiger partial charge in [0.1, 0.15) is 19.0 Å². The number of halogens is 1.